The molecule has 0 saturated heterocycles. The molecule has 0 unspecified atom stereocenters. The number of nitriles is 1. The number of nitrogen functional groups attached to an aromatic ring is 1. The molecule has 0 aliphatic heterocycles. The van der Waals surface area contributed by atoms with Gasteiger partial charge in [0, 0.05) is 17.2 Å². The quantitative estimate of drug-likeness (QED) is 0.326. The number of hydrogen-bond donors (Lipinski definition) is 2. The normalized spacial score (nSPS) is 11.2. The van der Waals surface area contributed by atoms with Crippen molar-refractivity contribution in [2.45, 2.75) is 33.2 Å². The van der Waals surface area contributed by atoms with E-state index in [9.17, 15) is 14.4 Å². The number of nitrogens with one attached hydrogen (secondary N) is 1. The lowest BCUT2D eigenvalue weighted by Gasteiger charge is -2.18. The van der Waals surface area contributed by atoms with Crippen LogP contribution in [-0.2, 0) is 6.54 Å². The number of aromatic amines is 1. The number of halogens is 1. The molecule has 0 saturated carbocycles. The minimum absolute atomic E-state index is 0.00827. The van der Waals surface area contributed by atoms with Crippen molar-refractivity contribution < 1.29 is 4.79 Å². The Bertz CT molecular complexity index is 1410. The lowest BCUT2D eigenvalue weighted by Crippen LogP contribution is -2.38. The van der Waals surface area contributed by atoms with Crippen LogP contribution in [0.1, 0.15) is 58.1 Å². The molecule has 0 aliphatic carbocycles. The van der Waals surface area contributed by atoms with E-state index in [1.807, 2.05) is 19.1 Å². The van der Waals surface area contributed by atoms with Crippen LogP contribution in [0.4, 0.5) is 5.82 Å². The molecule has 0 spiro atoms. The number of carbonyl (C=O) groups is 1. The zero-order valence-electron chi connectivity index (χ0n) is 18.3. The molecule has 0 amide bonds. The van der Waals surface area contributed by atoms with E-state index < -0.39 is 17.0 Å². The highest BCUT2D eigenvalue weighted by Gasteiger charge is 2.25. The molecule has 0 bridgehead atoms. The Balaban J connectivity index is 2.27. The second kappa shape index (κ2) is 9.67. The smallest absolute Gasteiger partial charge is 0.329 e. The lowest BCUT2D eigenvalue weighted by atomic mass is 9.95. The van der Waals surface area contributed by atoms with E-state index in [0.29, 0.717) is 16.7 Å². The van der Waals surface area contributed by atoms with Crippen LogP contribution in [0.3, 0.4) is 0 Å². The largest absolute Gasteiger partial charge is 0.384 e. The summed E-state index contributed by atoms with van der Waals surface area (Å²) in [6.07, 6.45) is 2.89. The van der Waals surface area contributed by atoms with Crippen molar-refractivity contribution >= 4 is 29.3 Å². The summed E-state index contributed by atoms with van der Waals surface area (Å²) in [5.41, 5.74) is 6.91. The summed E-state index contributed by atoms with van der Waals surface area (Å²) in [4.78, 5) is 45.5. The molecule has 168 valence electrons. The first kappa shape index (κ1) is 23.7. The summed E-state index contributed by atoms with van der Waals surface area (Å²) >= 11 is 6.01. The number of aromatic nitrogens is 3. The van der Waals surface area contributed by atoms with Crippen molar-refractivity contribution in [3.8, 4) is 6.07 Å². The van der Waals surface area contributed by atoms with Gasteiger partial charge in [-0.25, -0.2) is 9.78 Å². The van der Waals surface area contributed by atoms with Crippen LogP contribution in [0.15, 0.2) is 46.0 Å². The second-order valence-electron chi connectivity index (χ2n) is 7.91. The van der Waals surface area contributed by atoms with Crippen LogP contribution in [-0.4, -0.2) is 20.3 Å². The molecule has 2 heterocycles. The number of ketones is 1. The molecule has 0 fully saturated rings. The zero-order chi connectivity index (χ0) is 24.3. The first-order valence-corrected chi connectivity index (χ1v) is 10.5. The summed E-state index contributed by atoms with van der Waals surface area (Å²) < 4.78 is 1.22. The Labute approximate surface area is 195 Å². The Morgan fingerprint density at radius 1 is 1.27 bits per heavy atom. The van der Waals surface area contributed by atoms with Gasteiger partial charge in [-0.2, -0.15) is 5.26 Å². The SMILES string of the molecule is Cc1cc(/C=C/C#N)cc(C(=O)c2c(C(C)C)c(=O)[nH]c(=O)n2Cc2cc(N)nc(Cl)c2)c1. The molecule has 33 heavy (non-hydrogen) atoms. The predicted octanol–water partition coefficient (Wildman–Crippen LogP) is 3.42. The third-order valence-corrected chi connectivity index (χ3v) is 5.15. The van der Waals surface area contributed by atoms with Crippen molar-refractivity contribution in [3.63, 3.8) is 0 Å². The number of aryl methyl sites for hydroxylation is 1. The van der Waals surface area contributed by atoms with Crippen molar-refractivity contribution in [1.82, 2.24) is 14.5 Å². The van der Waals surface area contributed by atoms with Crippen molar-refractivity contribution in [1.29, 1.82) is 5.26 Å². The van der Waals surface area contributed by atoms with E-state index in [4.69, 9.17) is 22.6 Å². The fourth-order valence-electron chi connectivity index (χ4n) is 3.67. The van der Waals surface area contributed by atoms with Gasteiger partial charge >= 0.3 is 5.69 Å². The Morgan fingerprint density at radius 3 is 2.64 bits per heavy atom. The highest BCUT2D eigenvalue weighted by molar-refractivity contribution is 6.29. The van der Waals surface area contributed by atoms with Gasteiger partial charge in [-0.3, -0.25) is 19.1 Å². The number of pyridine rings is 1. The standard InChI is InChI=1S/C24H22ClN5O3/c1-13(2)20-21(22(31)17-8-14(3)7-15(9-17)5-4-6-26)30(24(33)29-23(20)32)12-16-10-18(25)28-19(27)11-16/h4-5,7-11,13H,12H2,1-3H3,(H2,27,28)(H,29,32,33)/b5-4+. The fourth-order valence-corrected chi connectivity index (χ4v) is 3.91. The average molecular weight is 464 g/mol. The molecule has 9 heteroatoms. The number of carbonyl (C=O) groups excluding carboxylic acids is 1. The van der Waals surface area contributed by atoms with Crippen LogP contribution in [0.2, 0.25) is 5.15 Å². The topological polar surface area (TPSA) is 135 Å². The van der Waals surface area contributed by atoms with E-state index in [2.05, 4.69) is 9.97 Å². The fraction of sp³-hybridized carbons (Fsp3) is 0.208. The second-order valence-corrected chi connectivity index (χ2v) is 8.30. The van der Waals surface area contributed by atoms with Gasteiger partial charge in [-0.05, 0) is 59.9 Å². The first-order valence-electron chi connectivity index (χ1n) is 10.1. The monoisotopic (exact) mass is 463 g/mol. The van der Waals surface area contributed by atoms with Gasteiger partial charge in [0.25, 0.3) is 5.56 Å². The van der Waals surface area contributed by atoms with Crippen molar-refractivity contribution in [2.75, 3.05) is 5.73 Å². The summed E-state index contributed by atoms with van der Waals surface area (Å²) in [6, 6.07) is 10.1. The Kier molecular flexibility index (Phi) is 6.95. The third-order valence-electron chi connectivity index (χ3n) is 4.95. The number of H-pyrrole nitrogens is 1. The maximum Gasteiger partial charge on any atom is 0.329 e. The van der Waals surface area contributed by atoms with Crippen LogP contribution in [0, 0.1) is 18.3 Å². The predicted molar refractivity (Wildman–Crippen MR) is 127 cm³/mol. The number of benzene rings is 1. The maximum atomic E-state index is 13.7. The summed E-state index contributed by atoms with van der Waals surface area (Å²) in [6.45, 7) is 5.32. The molecule has 8 nitrogen and oxygen atoms in total. The van der Waals surface area contributed by atoms with Gasteiger partial charge in [0.2, 0.25) is 5.78 Å². The molecule has 0 aliphatic rings. The highest BCUT2D eigenvalue weighted by atomic mass is 35.5. The number of rotatable bonds is 6. The van der Waals surface area contributed by atoms with Gasteiger partial charge in [-0.1, -0.05) is 31.5 Å². The third kappa shape index (κ3) is 5.27. The van der Waals surface area contributed by atoms with Crippen molar-refractivity contribution in [2.24, 2.45) is 0 Å². The zero-order valence-corrected chi connectivity index (χ0v) is 19.1. The summed E-state index contributed by atoms with van der Waals surface area (Å²) in [5.74, 6) is -0.654. The number of nitrogens with zero attached hydrogens (tertiary/aromatic N) is 3. The van der Waals surface area contributed by atoms with Crippen LogP contribution < -0.4 is 17.0 Å². The van der Waals surface area contributed by atoms with Crippen LogP contribution in [0.25, 0.3) is 6.08 Å². The minimum Gasteiger partial charge on any atom is -0.384 e. The van der Waals surface area contributed by atoms with Crippen molar-refractivity contribution in [3.05, 3.63) is 95.9 Å². The Morgan fingerprint density at radius 2 is 2.00 bits per heavy atom. The molecule has 1 aromatic carbocycles. The van der Waals surface area contributed by atoms with Crippen LogP contribution >= 0.6 is 11.6 Å². The van der Waals surface area contributed by atoms with Gasteiger partial charge in [0.15, 0.2) is 0 Å². The maximum absolute atomic E-state index is 13.7. The van der Waals surface area contributed by atoms with Gasteiger partial charge in [0.1, 0.15) is 16.7 Å². The Hall–Kier alpha value is -3.96. The number of anilines is 1. The minimum atomic E-state index is -0.725. The number of nitrogens with two attached hydrogens (primary N) is 1. The molecular weight excluding hydrogens is 442 g/mol. The van der Waals surface area contributed by atoms with E-state index in [1.54, 1.807) is 38.1 Å². The molecule has 3 aromatic rings. The number of allylic oxidation sites excluding steroid dienone is 1. The first-order chi connectivity index (χ1) is 15.6. The molecular formula is C24H22ClN5O3. The number of hydrogen-bond acceptors (Lipinski definition) is 6. The molecule has 0 radical (unpaired) electrons. The molecule has 0 atom stereocenters. The summed E-state index contributed by atoms with van der Waals surface area (Å²) in [7, 11) is 0. The molecule has 3 rings (SSSR count). The van der Waals surface area contributed by atoms with Gasteiger partial charge in [0.05, 0.1) is 12.6 Å². The van der Waals surface area contributed by atoms with Gasteiger partial charge < -0.3 is 5.73 Å². The summed E-state index contributed by atoms with van der Waals surface area (Å²) in [5, 5.41) is 8.97. The van der Waals surface area contributed by atoms with E-state index in [-0.39, 0.29) is 34.7 Å². The van der Waals surface area contributed by atoms with E-state index >= 15 is 0 Å². The van der Waals surface area contributed by atoms with E-state index in [0.717, 1.165) is 5.56 Å². The van der Waals surface area contributed by atoms with Gasteiger partial charge in [-0.15, -0.1) is 0 Å². The average Bonchev–Trinajstić information content (AvgIpc) is 2.72. The molecule has 2 aromatic heterocycles. The molecule has 3 N–H and O–H groups in total. The highest BCUT2D eigenvalue weighted by Crippen LogP contribution is 2.22. The van der Waals surface area contributed by atoms with Crippen LogP contribution in [0.5, 0.6) is 0 Å². The lowest BCUT2D eigenvalue weighted by molar-refractivity contribution is 0.102. The van der Waals surface area contributed by atoms with E-state index in [1.165, 1.54) is 16.7 Å².